The fourth-order valence-corrected chi connectivity index (χ4v) is 14.6. The molecule has 0 spiro atoms. The first kappa shape index (κ1) is 56.4. The molecule has 0 aliphatic heterocycles. The first-order chi connectivity index (χ1) is 48.3. The molecule has 18 rings (SSSR count). The molecule has 0 aliphatic rings. The number of hydrogen-bond acceptors (Lipinski definition) is 6. The minimum absolute atomic E-state index is 0.366. The van der Waals surface area contributed by atoms with Gasteiger partial charge in [-0.1, -0.05) is 121 Å². The van der Waals surface area contributed by atoms with E-state index in [0.717, 1.165) is 138 Å². The van der Waals surface area contributed by atoms with Gasteiger partial charge in [0.1, 0.15) is 0 Å². The van der Waals surface area contributed by atoms with Crippen LogP contribution < -0.4 is 0 Å². The van der Waals surface area contributed by atoms with Gasteiger partial charge in [0.15, 0.2) is 11.5 Å². The number of benzene rings is 13. The molecule has 11 heteroatoms. The largest absolute Gasteiger partial charge is 0.309 e. The van der Waals surface area contributed by atoms with Crippen molar-refractivity contribution in [1.29, 1.82) is 21.0 Å². The maximum absolute atomic E-state index is 10.9. The van der Waals surface area contributed by atoms with Gasteiger partial charge in [0.05, 0.1) is 109 Å². The lowest BCUT2D eigenvalue weighted by molar-refractivity contribution is 1.15. The van der Waals surface area contributed by atoms with E-state index in [1.807, 2.05) is 109 Å². The maximum atomic E-state index is 10.9. The molecular weight excluding hydrogens is 1200 g/mol. The van der Waals surface area contributed by atoms with Crippen molar-refractivity contribution in [2.45, 2.75) is 0 Å². The number of fused-ring (bicyclic) bond motifs is 12. The zero-order valence-electron chi connectivity index (χ0n) is 52.1. The van der Waals surface area contributed by atoms with Crippen LogP contribution >= 0.6 is 0 Å². The molecular formula is C87H47N11. The Hall–Kier alpha value is -14.4. The number of rotatable bonds is 9. The Kier molecular flexibility index (Phi) is 12.9. The van der Waals surface area contributed by atoms with E-state index in [0.29, 0.717) is 56.3 Å². The molecule has 0 unspecified atom stereocenters. The van der Waals surface area contributed by atoms with E-state index < -0.39 is 0 Å². The standard InChI is InChI=1S/C87H47N11/c1-92-64-28-32-66(33-29-64)96-80-15-7-3-11-70(80)74-45-59(25-35-84(74)96)61-27-37-86-76(47-61)72-13-5-9-17-82(72)98(86)68-41-56(52-91)39-63(43-68)87-93-77(57-22-18-53(49-88)19-23-57)48-78(94-87)62-38-55(51-90)40-67(42-62)97-81-16-8-4-12-71(81)75-46-60(26-36-85(75)97)58-24-34-83-73(44-58)69-10-2-6-14-79(69)95(83)65-30-20-54(50-89)21-31-65/h2-48H. The number of nitrogens with zero attached hydrogens (tertiary/aromatic N) is 11. The van der Waals surface area contributed by atoms with Gasteiger partial charge in [0, 0.05) is 82.5 Å². The Bertz CT molecular complexity index is 6290. The average molecular weight is 1250 g/mol. The average Bonchev–Trinajstić information content (AvgIpc) is 1.59. The Morgan fingerprint density at radius 1 is 0.255 bits per heavy atom. The zero-order valence-corrected chi connectivity index (χ0v) is 52.1. The second kappa shape index (κ2) is 22.4. The molecule has 5 heterocycles. The molecule has 18 aromatic rings. The zero-order chi connectivity index (χ0) is 65.7. The fourth-order valence-electron chi connectivity index (χ4n) is 14.6. The molecule has 0 atom stereocenters. The van der Waals surface area contributed by atoms with Crippen LogP contribution in [-0.4, -0.2) is 28.2 Å². The van der Waals surface area contributed by atoms with E-state index in [1.165, 1.54) is 0 Å². The van der Waals surface area contributed by atoms with Crippen LogP contribution in [0.4, 0.5) is 5.69 Å². The first-order valence-electron chi connectivity index (χ1n) is 31.9. The molecule has 0 N–H and O–H groups in total. The molecule has 450 valence electrons. The minimum atomic E-state index is 0.366. The summed E-state index contributed by atoms with van der Waals surface area (Å²) in [6.45, 7) is 7.52. The van der Waals surface area contributed by atoms with Crippen molar-refractivity contribution < 1.29 is 0 Å². The van der Waals surface area contributed by atoms with E-state index in [9.17, 15) is 21.0 Å². The van der Waals surface area contributed by atoms with E-state index in [1.54, 1.807) is 12.1 Å². The van der Waals surface area contributed by atoms with Gasteiger partial charge in [-0.3, -0.25) is 0 Å². The Balaban J connectivity index is 0.751. The van der Waals surface area contributed by atoms with Gasteiger partial charge in [-0.15, -0.1) is 0 Å². The smallest absolute Gasteiger partial charge is 0.187 e. The highest BCUT2D eigenvalue weighted by Gasteiger charge is 2.22. The highest BCUT2D eigenvalue weighted by atomic mass is 15.0. The number of aromatic nitrogens is 6. The SMILES string of the molecule is [C-]#[N+]c1ccc(-n2c3ccccc3c3cc(-c4ccc5c(c4)c4ccccc4n5-c4cc(C#N)cc(-c5nc(-c6ccc(C#N)cc6)cc(-c6cc(C#N)cc(-n7c8ccccc8c8cc(-c9ccc%10c(c9)c9ccccc9n%10-c9ccc(C#N)cc9)ccc87)c6)n5)c4)ccc32)cc1. The molecule has 11 nitrogen and oxygen atoms in total. The van der Waals surface area contributed by atoms with Crippen LogP contribution in [0.5, 0.6) is 0 Å². The van der Waals surface area contributed by atoms with Gasteiger partial charge in [-0.2, -0.15) is 21.0 Å². The van der Waals surface area contributed by atoms with Crippen LogP contribution in [-0.2, 0) is 0 Å². The van der Waals surface area contributed by atoms with Crippen molar-refractivity contribution in [1.82, 2.24) is 28.2 Å². The summed E-state index contributed by atoms with van der Waals surface area (Å²) >= 11 is 0. The van der Waals surface area contributed by atoms with Crippen LogP contribution in [0.1, 0.15) is 22.3 Å². The lowest BCUT2D eigenvalue weighted by Crippen LogP contribution is -2.00. The van der Waals surface area contributed by atoms with E-state index in [2.05, 4.69) is 211 Å². The third-order valence-electron chi connectivity index (χ3n) is 19.0. The van der Waals surface area contributed by atoms with Crippen molar-refractivity contribution in [3.05, 3.63) is 319 Å². The van der Waals surface area contributed by atoms with E-state index >= 15 is 0 Å². The topological polar surface area (TPSA) is 145 Å². The van der Waals surface area contributed by atoms with Gasteiger partial charge in [-0.25, -0.2) is 14.8 Å². The number of nitriles is 4. The van der Waals surface area contributed by atoms with Crippen LogP contribution in [0.25, 0.3) is 171 Å². The first-order valence-corrected chi connectivity index (χ1v) is 31.9. The summed E-state index contributed by atoms with van der Waals surface area (Å²) in [6.07, 6.45) is 0. The van der Waals surface area contributed by atoms with E-state index in [-0.39, 0.29) is 0 Å². The Morgan fingerprint density at radius 3 is 0.959 bits per heavy atom. The molecule has 0 aliphatic carbocycles. The van der Waals surface area contributed by atoms with Gasteiger partial charge in [-0.05, 0) is 186 Å². The minimum Gasteiger partial charge on any atom is -0.309 e. The highest BCUT2D eigenvalue weighted by Crippen LogP contribution is 2.43. The lowest BCUT2D eigenvalue weighted by atomic mass is 10.0. The van der Waals surface area contributed by atoms with Gasteiger partial charge >= 0.3 is 0 Å². The Morgan fingerprint density at radius 2 is 0.571 bits per heavy atom. The van der Waals surface area contributed by atoms with Crippen LogP contribution in [0.15, 0.2) is 285 Å². The van der Waals surface area contributed by atoms with Crippen LogP contribution in [0.2, 0.25) is 0 Å². The predicted octanol–water partition coefficient (Wildman–Crippen LogP) is 21.2. The van der Waals surface area contributed by atoms with Gasteiger partial charge in [0.25, 0.3) is 0 Å². The Labute approximate surface area is 561 Å². The molecule has 0 amide bonds. The molecule has 13 aromatic carbocycles. The number of hydrogen-bond donors (Lipinski definition) is 0. The summed E-state index contributed by atoms with van der Waals surface area (Å²) in [7, 11) is 0. The fraction of sp³-hybridized carbons (Fsp3) is 0. The molecule has 5 aromatic heterocycles. The molecule has 98 heavy (non-hydrogen) atoms. The molecule has 0 radical (unpaired) electrons. The molecule has 0 saturated carbocycles. The summed E-state index contributed by atoms with van der Waals surface area (Å²) in [6, 6.07) is 106. The normalized spacial score (nSPS) is 11.4. The number of para-hydroxylation sites is 4. The second-order valence-electron chi connectivity index (χ2n) is 24.5. The second-order valence-corrected chi connectivity index (χ2v) is 24.5. The summed E-state index contributed by atoms with van der Waals surface area (Å²) in [5.41, 5.74) is 21.6. The monoisotopic (exact) mass is 1250 g/mol. The summed E-state index contributed by atoms with van der Waals surface area (Å²) in [5, 5.41) is 49.9. The third-order valence-corrected chi connectivity index (χ3v) is 19.0. The summed E-state index contributed by atoms with van der Waals surface area (Å²) in [4.78, 5) is 14.3. The lowest BCUT2D eigenvalue weighted by Gasteiger charge is -2.14. The van der Waals surface area contributed by atoms with Crippen LogP contribution in [0.3, 0.4) is 0 Å². The third kappa shape index (κ3) is 9.08. The van der Waals surface area contributed by atoms with Crippen molar-refractivity contribution in [3.8, 4) is 103 Å². The van der Waals surface area contributed by atoms with Gasteiger partial charge < -0.3 is 18.3 Å². The quantitative estimate of drug-likeness (QED) is 0.132. The maximum Gasteiger partial charge on any atom is 0.187 e. The predicted molar refractivity (Wildman–Crippen MR) is 392 cm³/mol. The molecule has 0 fully saturated rings. The van der Waals surface area contributed by atoms with E-state index in [4.69, 9.17) is 16.5 Å². The van der Waals surface area contributed by atoms with Crippen LogP contribution in [0, 0.1) is 51.9 Å². The van der Waals surface area contributed by atoms with Gasteiger partial charge in [0.2, 0.25) is 0 Å². The van der Waals surface area contributed by atoms with Crippen molar-refractivity contribution in [3.63, 3.8) is 0 Å². The van der Waals surface area contributed by atoms with Crippen molar-refractivity contribution >= 4 is 92.9 Å². The molecule has 0 saturated heterocycles. The van der Waals surface area contributed by atoms with Crippen molar-refractivity contribution in [2.24, 2.45) is 0 Å². The highest BCUT2D eigenvalue weighted by molar-refractivity contribution is 6.15. The summed E-state index contributed by atoms with van der Waals surface area (Å²) < 4.78 is 8.93. The summed E-state index contributed by atoms with van der Waals surface area (Å²) in [5.74, 6) is 0.366. The molecule has 0 bridgehead atoms. The van der Waals surface area contributed by atoms with Crippen molar-refractivity contribution in [2.75, 3.05) is 0 Å².